The molecule has 1 saturated heterocycles. The fraction of sp³-hybridized carbons (Fsp3) is 0.750. The molecule has 1 aromatic rings. The summed E-state index contributed by atoms with van der Waals surface area (Å²) in [6, 6.07) is 2.56. The van der Waals surface area contributed by atoms with E-state index in [4.69, 9.17) is 4.74 Å². The van der Waals surface area contributed by atoms with E-state index in [-0.39, 0.29) is 0 Å². The number of nitrogens with zero attached hydrogens (tertiary/aromatic N) is 4. The fourth-order valence-electron chi connectivity index (χ4n) is 2.90. The molecule has 1 aliphatic heterocycles. The fourth-order valence-corrected chi connectivity index (χ4v) is 2.90. The van der Waals surface area contributed by atoms with Gasteiger partial charge in [-0.1, -0.05) is 0 Å². The molecule has 7 nitrogen and oxygen atoms in total. The maximum Gasteiger partial charge on any atom is 0.191 e. The van der Waals surface area contributed by atoms with Crippen LogP contribution >= 0.6 is 0 Å². The first kappa shape index (κ1) is 17.7. The lowest BCUT2D eigenvalue weighted by molar-refractivity contribution is 0.141. The normalized spacial score (nSPS) is 19.3. The topological polar surface area (TPSA) is 66.7 Å². The van der Waals surface area contributed by atoms with Crippen LogP contribution in [0.1, 0.15) is 25.5 Å². The molecule has 0 aromatic carbocycles. The van der Waals surface area contributed by atoms with Crippen LogP contribution in [0.5, 0.6) is 0 Å². The van der Waals surface area contributed by atoms with Crippen LogP contribution in [0.4, 0.5) is 0 Å². The SMILES string of the molecule is CCNC(=NCc1ccnn1C)NCC1CCCN1CCOC. The van der Waals surface area contributed by atoms with E-state index in [0.717, 1.165) is 37.9 Å². The van der Waals surface area contributed by atoms with Crippen molar-refractivity contribution in [2.45, 2.75) is 32.4 Å². The first-order valence-corrected chi connectivity index (χ1v) is 8.46. The Bertz CT molecular complexity index is 487. The van der Waals surface area contributed by atoms with Crippen LogP contribution in [0.3, 0.4) is 0 Å². The van der Waals surface area contributed by atoms with Gasteiger partial charge in [0.1, 0.15) is 0 Å². The lowest BCUT2D eigenvalue weighted by Gasteiger charge is -2.25. The lowest BCUT2D eigenvalue weighted by atomic mass is 10.2. The molecule has 1 atom stereocenters. The average molecular weight is 322 g/mol. The van der Waals surface area contributed by atoms with Gasteiger partial charge < -0.3 is 15.4 Å². The summed E-state index contributed by atoms with van der Waals surface area (Å²) in [6.07, 6.45) is 4.30. The van der Waals surface area contributed by atoms with Gasteiger partial charge in [0.2, 0.25) is 0 Å². The molecule has 2 N–H and O–H groups in total. The summed E-state index contributed by atoms with van der Waals surface area (Å²) in [7, 11) is 3.70. The Morgan fingerprint density at radius 2 is 2.35 bits per heavy atom. The predicted molar refractivity (Wildman–Crippen MR) is 92.5 cm³/mol. The highest BCUT2D eigenvalue weighted by Crippen LogP contribution is 2.15. The maximum absolute atomic E-state index is 5.20. The van der Waals surface area contributed by atoms with Gasteiger partial charge in [0.25, 0.3) is 0 Å². The first-order valence-electron chi connectivity index (χ1n) is 8.46. The van der Waals surface area contributed by atoms with E-state index in [1.54, 1.807) is 13.3 Å². The second-order valence-corrected chi connectivity index (χ2v) is 5.85. The van der Waals surface area contributed by atoms with E-state index in [9.17, 15) is 0 Å². The molecule has 1 fully saturated rings. The Morgan fingerprint density at radius 3 is 3.04 bits per heavy atom. The highest BCUT2D eigenvalue weighted by Gasteiger charge is 2.23. The third kappa shape index (κ3) is 5.51. The van der Waals surface area contributed by atoms with E-state index < -0.39 is 0 Å². The average Bonchev–Trinajstić information content (AvgIpc) is 3.17. The number of methoxy groups -OCH3 is 1. The zero-order chi connectivity index (χ0) is 16.5. The Labute approximate surface area is 139 Å². The van der Waals surface area contributed by atoms with Crippen LogP contribution < -0.4 is 10.6 Å². The molecule has 0 spiro atoms. The largest absolute Gasteiger partial charge is 0.383 e. The van der Waals surface area contributed by atoms with E-state index in [1.165, 1.54) is 19.4 Å². The lowest BCUT2D eigenvalue weighted by Crippen LogP contribution is -2.45. The summed E-state index contributed by atoms with van der Waals surface area (Å²) in [4.78, 5) is 7.16. The first-order chi connectivity index (χ1) is 11.2. The molecule has 1 aliphatic rings. The molecule has 0 aliphatic carbocycles. The number of likely N-dealkylation sites (tertiary alicyclic amines) is 1. The second kappa shape index (κ2) is 9.52. The van der Waals surface area contributed by atoms with Gasteiger partial charge in [0, 0.05) is 46.0 Å². The van der Waals surface area contributed by atoms with Gasteiger partial charge in [0.05, 0.1) is 18.8 Å². The number of ether oxygens (including phenoxy) is 1. The molecule has 1 unspecified atom stereocenters. The number of hydrogen-bond acceptors (Lipinski definition) is 4. The molecule has 7 heteroatoms. The van der Waals surface area contributed by atoms with Crippen molar-refractivity contribution in [2.75, 3.05) is 39.9 Å². The summed E-state index contributed by atoms with van der Waals surface area (Å²) in [5, 5.41) is 11.0. The molecular weight excluding hydrogens is 292 g/mol. The minimum atomic E-state index is 0.561. The Balaban J connectivity index is 1.85. The molecule has 2 heterocycles. The molecular formula is C16H30N6O. The molecule has 0 amide bonds. The Kier molecular flexibility index (Phi) is 7.35. The van der Waals surface area contributed by atoms with Gasteiger partial charge in [-0.25, -0.2) is 4.99 Å². The van der Waals surface area contributed by atoms with Crippen LogP contribution in [-0.2, 0) is 18.3 Å². The molecule has 2 rings (SSSR count). The monoisotopic (exact) mass is 322 g/mol. The van der Waals surface area contributed by atoms with Gasteiger partial charge >= 0.3 is 0 Å². The third-order valence-corrected chi connectivity index (χ3v) is 4.25. The highest BCUT2D eigenvalue weighted by atomic mass is 16.5. The van der Waals surface area contributed by atoms with Crippen molar-refractivity contribution in [2.24, 2.45) is 12.0 Å². The zero-order valence-corrected chi connectivity index (χ0v) is 14.6. The van der Waals surface area contributed by atoms with E-state index >= 15 is 0 Å². The van der Waals surface area contributed by atoms with Gasteiger partial charge in [-0.15, -0.1) is 0 Å². The van der Waals surface area contributed by atoms with Gasteiger partial charge in [-0.05, 0) is 32.4 Å². The number of hydrogen-bond donors (Lipinski definition) is 2. The van der Waals surface area contributed by atoms with E-state index in [0.29, 0.717) is 12.6 Å². The van der Waals surface area contributed by atoms with Gasteiger partial charge in [-0.3, -0.25) is 9.58 Å². The van der Waals surface area contributed by atoms with Crippen molar-refractivity contribution in [3.63, 3.8) is 0 Å². The van der Waals surface area contributed by atoms with Crippen molar-refractivity contribution in [1.29, 1.82) is 0 Å². The Hall–Kier alpha value is -1.60. The molecule has 0 saturated carbocycles. The summed E-state index contributed by atoms with van der Waals surface area (Å²) in [6.45, 7) is 7.46. The molecule has 23 heavy (non-hydrogen) atoms. The highest BCUT2D eigenvalue weighted by molar-refractivity contribution is 5.79. The molecule has 0 bridgehead atoms. The van der Waals surface area contributed by atoms with Gasteiger partial charge in [0.15, 0.2) is 5.96 Å². The number of aliphatic imine (C=N–C) groups is 1. The number of aromatic nitrogens is 2. The van der Waals surface area contributed by atoms with Crippen LogP contribution in [0, 0.1) is 0 Å². The zero-order valence-electron chi connectivity index (χ0n) is 14.6. The molecule has 0 radical (unpaired) electrons. The minimum absolute atomic E-state index is 0.561. The number of nitrogens with one attached hydrogen (secondary N) is 2. The van der Waals surface area contributed by atoms with Crippen molar-refractivity contribution in [1.82, 2.24) is 25.3 Å². The van der Waals surface area contributed by atoms with Crippen molar-refractivity contribution in [3.8, 4) is 0 Å². The number of aryl methyl sites for hydroxylation is 1. The minimum Gasteiger partial charge on any atom is -0.383 e. The van der Waals surface area contributed by atoms with Crippen LogP contribution in [0.25, 0.3) is 0 Å². The third-order valence-electron chi connectivity index (χ3n) is 4.25. The van der Waals surface area contributed by atoms with E-state index in [1.807, 2.05) is 17.8 Å². The maximum atomic E-state index is 5.20. The summed E-state index contributed by atoms with van der Waals surface area (Å²) in [5.41, 5.74) is 1.10. The second-order valence-electron chi connectivity index (χ2n) is 5.85. The number of rotatable bonds is 8. The predicted octanol–water partition coefficient (Wildman–Crippen LogP) is 0.586. The van der Waals surface area contributed by atoms with E-state index in [2.05, 4.69) is 32.5 Å². The van der Waals surface area contributed by atoms with Crippen LogP contribution in [0.15, 0.2) is 17.3 Å². The number of guanidine groups is 1. The van der Waals surface area contributed by atoms with Crippen molar-refractivity contribution >= 4 is 5.96 Å². The molecule has 1 aromatic heterocycles. The Morgan fingerprint density at radius 1 is 1.48 bits per heavy atom. The van der Waals surface area contributed by atoms with Gasteiger partial charge in [-0.2, -0.15) is 5.10 Å². The smallest absolute Gasteiger partial charge is 0.191 e. The molecule has 130 valence electrons. The van der Waals surface area contributed by atoms with Crippen LogP contribution in [0.2, 0.25) is 0 Å². The quantitative estimate of drug-likeness (QED) is 0.541. The van der Waals surface area contributed by atoms with Crippen LogP contribution in [-0.4, -0.2) is 66.6 Å². The summed E-state index contributed by atoms with van der Waals surface area (Å²) >= 11 is 0. The standard InChI is InChI=1S/C16H30N6O/c1-4-17-16(18-12-14-7-8-20-21(14)2)19-13-15-6-5-9-22(15)10-11-23-3/h7-8,15H,4-6,9-13H2,1-3H3,(H2,17,18,19). The van der Waals surface area contributed by atoms with Crippen molar-refractivity contribution in [3.05, 3.63) is 18.0 Å². The van der Waals surface area contributed by atoms with Crippen molar-refractivity contribution < 1.29 is 4.74 Å². The summed E-state index contributed by atoms with van der Waals surface area (Å²) in [5.74, 6) is 0.868. The summed E-state index contributed by atoms with van der Waals surface area (Å²) < 4.78 is 7.06.